The Kier molecular flexibility index (Phi) is 2.41. The summed E-state index contributed by atoms with van der Waals surface area (Å²) in [5, 5.41) is 0.637. The molecule has 1 saturated heterocycles. The highest BCUT2D eigenvalue weighted by Gasteiger charge is 2.47. The molecule has 0 bridgehead atoms. The summed E-state index contributed by atoms with van der Waals surface area (Å²) in [5.41, 5.74) is 0. The van der Waals surface area contributed by atoms with E-state index in [4.69, 9.17) is 0 Å². The molecule has 1 radical (unpaired) electrons. The fourth-order valence-corrected chi connectivity index (χ4v) is 4.15. The first-order valence-electron chi connectivity index (χ1n) is 7.05. The lowest BCUT2D eigenvalue weighted by Crippen LogP contribution is -2.24. The summed E-state index contributed by atoms with van der Waals surface area (Å²) in [6.45, 7) is 4.82. The summed E-state index contributed by atoms with van der Waals surface area (Å²) in [7, 11) is 2.54. The molecule has 15 heavy (non-hydrogen) atoms. The van der Waals surface area contributed by atoms with Crippen LogP contribution in [0.25, 0.3) is 0 Å². The van der Waals surface area contributed by atoms with Crippen LogP contribution in [0.4, 0.5) is 0 Å². The molecule has 1 heteroatoms. The van der Waals surface area contributed by atoms with Crippen molar-refractivity contribution >= 4 is 7.28 Å². The zero-order chi connectivity index (χ0) is 10.5. The van der Waals surface area contributed by atoms with Crippen LogP contribution in [-0.4, -0.2) is 7.28 Å². The zero-order valence-corrected chi connectivity index (χ0v) is 10.3. The Bertz CT molecular complexity index is 250. The van der Waals surface area contributed by atoms with Crippen LogP contribution in [0.15, 0.2) is 0 Å². The van der Waals surface area contributed by atoms with Gasteiger partial charge in [-0.15, -0.1) is 0 Å². The molecule has 0 N–H and O–H groups in total. The number of rotatable bonds is 4. The van der Waals surface area contributed by atoms with E-state index in [1.807, 2.05) is 0 Å². The molecule has 0 aromatic rings. The smallest absolute Gasteiger partial charge is 0.0727 e. The molecule has 0 amide bonds. The molecule has 1 aliphatic heterocycles. The molecule has 5 atom stereocenters. The van der Waals surface area contributed by atoms with Gasteiger partial charge >= 0.3 is 0 Å². The van der Waals surface area contributed by atoms with Gasteiger partial charge in [0.15, 0.2) is 0 Å². The van der Waals surface area contributed by atoms with Crippen molar-refractivity contribution in [2.75, 3.05) is 0 Å². The summed E-state index contributed by atoms with van der Waals surface area (Å²) in [4.78, 5) is 0. The van der Waals surface area contributed by atoms with Gasteiger partial charge in [-0.1, -0.05) is 44.2 Å². The van der Waals surface area contributed by atoms with Crippen molar-refractivity contribution in [2.24, 2.45) is 17.8 Å². The van der Waals surface area contributed by atoms with Gasteiger partial charge in [0.2, 0.25) is 0 Å². The zero-order valence-electron chi connectivity index (χ0n) is 10.3. The fraction of sp³-hybridized carbons (Fsp3) is 1.00. The first-order chi connectivity index (χ1) is 7.19. The van der Waals surface area contributed by atoms with Crippen molar-refractivity contribution in [2.45, 2.75) is 69.9 Å². The minimum absolute atomic E-state index is 0.637. The molecule has 2 aliphatic carbocycles. The van der Waals surface area contributed by atoms with Crippen molar-refractivity contribution in [3.8, 4) is 0 Å². The molecular formula is C14H24B. The van der Waals surface area contributed by atoms with Gasteiger partial charge in [0.1, 0.15) is 7.28 Å². The molecule has 0 aromatic carbocycles. The first kappa shape index (κ1) is 10.2. The molecule has 83 valence electrons. The number of fused-ring (bicyclic) bond motifs is 1. The van der Waals surface area contributed by atoms with E-state index >= 15 is 0 Å². The van der Waals surface area contributed by atoms with Crippen molar-refractivity contribution in [1.29, 1.82) is 0 Å². The van der Waals surface area contributed by atoms with Crippen molar-refractivity contribution in [3.05, 3.63) is 0 Å². The average molecular weight is 203 g/mol. The third kappa shape index (κ3) is 1.76. The second-order valence-electron chi connectivity index (χ2n) is 6.69. The molecule has 3 fully saturated rings. The van der Waals surface area contributed by atoms with Crippen molar-refractivity contribution in [1.82, 2.24) is 0 Å². The van der Waals surface area contributed by atoms with Crippen molar-refractivity contribution < 1.29 is 0 Å². The van der Waals surface area contributed by atoms with Crippen LogP contribution in [0, 0.1) is 17.8 Å². The van der Waals surface area contributed by atoms with E-state index < -0.39 is 0 Å². The van der Waals surface area contributed by atoms with Gasteiger partial charge in [-0.25, -0.2) is 0 Å². The first-order valence-corrected chi connectivity index (χ1v) is 7.05. The third-order valence-corrected chi connectivity index (χ3v) is 5.84. The third-order valence-electron chi connectivity index (χ3n) is 5.84. The maximum absolute atomic E-state index is 2.54. The maximum Gasteiger partial charge on any atom is 0.120 e. The fourth-order valence-electron chi connectivity index (χ4n) is 4.15. The van der Waals surface area contributed by atoms with E-state index in [9.17, 15) is 0 Å². The number of hydrogen-bond donors (Lipinski definition) is 0. The van der Waals surface area contributed by atoms with E-state index in [0.717, 1.165) is 17.7 Å². The van der Waals surface area contributed by atoms with Crippen LogP contribution in [0.2, 0.25) is 11.1 Å². The Morgan fingerprint density at radius 2 is 1.93 bits per heavy atom. The minimum atomic E-state index is 0.637. The predicted molar refractivity (Wildman–Crippen MR) is 66.3 cm³/mol. The molecule has 0 nitrogen and oxygen atoms in total. The second kappa shape index (κ2) is 3.53. The summed E-state index contributed by atoms with van der Waals surface area (Å²) < 4.78 is 0. The average Bonchev–Trinajstić information content (AvgIpc) is 2.61. The Hall–Kier alpha value is 0.0649. The SMILES string of the molecule is CC1[B]C1(C)CCCC1CCC2CCC12. The molecule has 3 rings (SSSR count). The Morgan fingerprint density at radius 1 is 1.20 bits per heavy atom. The van der Waals surface area contributed by atoms with E-state index in [1.165, 1.54) is 25.2 Å². The summed E-state index contributed by atoms with van der Waals surface area (Å²) >= 11 is 0. The van der Waals surface area contributed by atoms with E-state index in [-0.39, 0.29) is 0 Å². The Balaban J connectivity index is 1.39. The lowest BCUT2D eigenvalue weighted by atomic mass is 9.71. The van der Waals surface area contributed by atoms with Crippen LogP contribution < -0.4 is 0 Å². The van der Waals surface area contributed by atoms with Gasteiger partial charge in [-0.3, -0.25) is 0 Å². The van der Waals surface area contributed by atoms with Crippen LogP contribution in [0.5, 0.6) is 0 Å². The molecular weight excluding hydrogens is 179 g/mol. The van der Waals surface area contributed by atoms with Gasteiger partial charge in [-0.2, -0.15) is 0 Å². The topological polar surface area (TPSA) is 0 Å². The standard InChI is InChI=1S/C14H24B/c1-10-14(2,15-10)9-3-4-11-5-6-12-7-8-13(11)12/h10-13H,3-9H2,1-2H3. The highest BCUT2D eigenvalue weighted by atomic mass is 14.5. The molecule has 0 spiro atoms. The second-order valence-corrected chi connectivity index (χ2v) is 6.69. The molecule has 5 unspecified atom stereocenters. The van der Waals surface area contributed by atoms with E-state index in [0.29, 0.717) is 5.31 Å². The van der Waals surface area contributed by atoms with Crippen LogP contribution in [0.3, 0.4) is 0 Å². The lowest BCUT2D eigenvalue weighted by Gasteiger charge is -2.34. The molecule has 1 heterocycles. The van der Waals surface area contributed by atoms with Gasteiger partial charge in [0.05, 0.1) is 0 Å². The monoisotopic (exact) mass is 203 g/mol. The number of hydrogen-bond acceptors (Lipinski definition) is 0. The van der Waals surface area contributed by atoms with Crippen molar-refractivity contribution in [3.63, 3.8) is 0 Å². The van der Waals surface area contributed by atoms with Gasteiger partial charge < -0.3 is 0 Å². The maximum atomic E-state index is 2.54. The van der Waals surface area contributed by atoms with Crippen LogP contribution >= 0.6 is 0 Å². The van der Waals surface area contributed by atoms with E-state index in [2.05, 4.69) is 21.1 Å². The lowest BCUT2D eigenvalue weighted by molar-refractivity contribution is 0.163. The quantitative estimate of drug-likeness (QED) is 0.597. The van der Waals surface area contributed by atoms with Crippen LogP contribution in [-0.2, 0) is 0 Å². The highest BCUT2D eigenvalue weighted by Crippen LogP contribution is 2.60. The largest absolute Gasteiger partial charge is 0.120 e. The van der Waals surface area contributed by atoms with Gasteiger partial charge in [0.25, 0.3) is 0 Å². The molecule has 2 saturated carbocycles. The predicted octanol–water partition coefficient (Wildman–Crippen LogP) is 4.30. The summed E-state index contributed by atoms with van der Waals surface area (Å²) in [6.07, 6.45) is 10.7. The van der Waals surface area contributed by atoms with Gasteiger partial charge in [-0.05, 0) is 43.4 Å². The minimum Gasteiger partial charge on any atom is -0.0727 e. The van der Waals surface area contributed by atoms with Crippen LogP contribution in [0.1, 0.15) is 58.8 Å². The molecule has 3 aliphatic rings. The normalized spacial score (nSPS) is 51.9. The van der Waals surface area contributed by atoms with Gasteiger partial charge in [0, 0.05) is 0 Å². The Labute approximate surface area is 95.5 Å². The summed E-state index contributed by atoms with van der Waals surface area (Å²) in [5.74, 6) is 4.36. The Morgan fingerprint density at radius 3 is 2.47 bits per heavy atom. The molecule has 0 aromatic heterocycles. The summed E-state index contributed by atoms with van der Waals surface area (Å²) in [6, 6.07) is 0. The highest BCUT2D eigenvalue weighted by molar-refractivity contribution is 6.56. The van der Waals surface area contributed by atoms with E-state index in [1.54, 1.807) is 25.7 Å².